The molecule has 1 amide bonds. The van der Waals surface area contributed by atoms with E-state index in [1.54, 1.807) is 6.07 Å². The lowest BCUT2D eigenvalue weighted by molar-refractivity contribution is -0.0615. The topological polar surface area (TPSA) is 100.0 Å². The molecule has 0 unspecified atom stereocenters. The third-order valence-electron chi connectivity index (χ3n) is 3.19. The maximum atomic E-state index is 12.1. The highest BCUT2D eigenvalue weighted by molar-refractivity contribution is 5.94. The Morgan fingerprint density at radius 3 is 3.00 bits per heavy atom. The zero-order valence-corrected chi connectivity index (χ0v) is 11.5. The van der Waals surface area contributed by atoms with Crippen molar-refractivity contribution in [1.29, 1.82) is 0 Å². The fourth-order valence-corrected chi connectivity index (χ4v) is 2.25. The van der Waals surface area contributed by atoms with Crippen LogP contribution in [0.1, 0.15) is 37.0 Å². The third kappa shape index (κ3) is 3.69. The van der Waals surface area contributed by atoms with Crippen LogP contribution in [0.4, 0.5) is 5.82 Å². The van der Waals surface area contributed by atoms with Gasteiger partial charge in [-0.25, -0.2) is 0 Å². The Hall–Kier alpha value is -2.11. The van der Waals surface area contributed by atoms with Crippen LogP contribution >= 0.6 is 0 Å². The monoisotopic (exact) mass is 275 g/mol. The molecule has 1 saturated heterocycles. The lowest BCUT2D eigenvalue weighted by Crippen LogP contribution is -2.45. The van der Waals surface area contributed by atoms with Gasteiger partial charge in [-0.05, 0) is 49.5 Å². The molecule has 0 saturated carbocycles. The van der Waals surface area contributed by atoms with Crippen LogP contribution in [0.2, 0.25) is 0 Å². The number of nitrogens with one attached hydrogen (secondary N) is 1. The van der Waals surface area contributed by atoms with Crippen LogP contribution in [0.25, 0.3) is 10.4 Å². The number of amides is 1. The van der Waals surface area contributed by atoms with E-state index in [4.69, 9.17) is 10.3 Å². The zero-order valence-electron chi connectivity index (χ0n) is 11.5. The van der Waals surface area contributed by atoms with Crippen LogP contribution < -0.4 is 5.32 Å². The Morgan fingerprint density at radius 1 is 1.60 bits per heavy atom. The first-order valence-corrected chi connectivity index (χ1v) is 6.46. The summed E-state index contributed by atoms with van der Waals surface area (Å²) in [5.74, 6) is 0.0731. The molecule has 0 aliphatic carbocycles. The molecule has 2 heterocycles. The Morgan fingerprint density at radius 2 is 2.40 bits per heavy atom. The molecule has 0 bridgehead atoms. The summed E-state index contributed by atoms with van der Waals surface area (Å²) in [5, 5.41) is 6.34. The van der Waals surface area contributed by atoms with Crippen molar-refractivity contribution in [3.63, 3.8) is 0 Å². The molecule has 0 spiro atoms. The summed E-state index contributed by atoms with van der Waals surface area (Å²) < 4.78 is 5.62. The van der Waals surface area contributed by atoms with E-state index in [-0.39, 0.29) is 23.4 Å². The van der Waals surface area contributed by atoms with Gasteiger partial charge < -0.3 is 10.1 Å². The van der Waals surface area contributed by atoms with Crippen molar-refractivity contribution in [3.05, 3.63) is 34.3 Å². The van der Waals surface area contributed by atoms with E-state index in [9.17, 15) is 4.79 Å². The Bertz CT molecular complexity index is 534. The molecule has 0 aromatic carbocycles. The van der Waals surface area contributed by atoms with Gasteiger partial charge in [0.15, 0.2) is 0 Å². The molecule has 1 aromatic heterocycles. The van der Waals surface area contributed by atoms with Crippen LogP contribution in [0.5, 0.6) is 0 Å². The highest BCUT2D eigenvalue weighted by atomic mass is 16.5. The standard InChI is InChI=1S/C13H17N5O2/c1-13(2)7-10(5-6-20-13)16-12(19)9-3-4-11(15-8-9)17-18-14/h3-4,8,10H,5-7H2,1-2H3,(H,16,19)/t10-/m0/s1. The van der Waals surface area contributed by atoms with Crippen LogP contribution in [-0.2, 0) is 4.74 Å². The maximum Gasteiger partial charge on any atom is 0.253 e. The number of ether oxygens (including phenoxy) is 1. The van der Waals surface area contributed by atoms with Gasteiger partial charge in [0.1, 0.15) is 5.82 Å². The molecule has 1 aliphatic rings. The number of pyridine rings is 1. The minimum atomic E-state index is -0.209. The molecule has 1 atom stereocenters. The predicted molar refractivity (Wildman–Crippen MR) is 73.6 cm³/mol. The van der Waals surface area contributed by atoms with Crippen molar-refractivity contribution >= 4 is 11.7 Å². The first-order chi connectivity index (χ1) is 9.50. The molecular formula is C13H17N5O2. The van der Waals surface area contributed by atoms with E-state index >= 15 is 0 Å². The van der Waals surface area contributed by atoms with Crippen molar-refractivity contribution in [3.8, 4) is 0 Å². The largest absolute Gasteiger partial charge is 0.375 e. The predicted octanol–water partition coefficient (Wildman–Crippen LogP) is 2.71. The van der Waals surface area contributed by atoms with Gasteiger partial charge in [0.25, 0.3) is 5.91 Å². The van der Waals surface area contributed by atoms with Gasteiger partial charge in [0.2, 0.25) is 0 Å². The minimum Gasteiger partial charge on any atom is -0.375 e. The fourth-order valence-electron chi connectivity index (χ4n) is 2.25. The van der Waals surface area contributed by atoms with Gasteiger partial charge in [-0.15, -0.1) is 0 Å². The average molecular weight is 275 g/mol. The SMILES string of the molecule is CC1(C)C[C@@H](NC(=O)c2ccc(N=[N+]=[N-])nc2)CCO1. The second-order valence-corrected chi connectivity index (χ2v) is 5.37. The summed E-state index contributed by atoms with van der Waals surface area (Å²) in [6.45, 7) is 4.68. The number of hydrogen-bond donors (Lipinski definition) is 1. The van der Waals surface area contributed by atoms with Crippen LogP contribution in [0.3, 0.4) is 0 Å². The summed E-state index contributed by atoms with van der Waals surface area (Å²) in [4.78, 5) is 18.6. The van der Waals surface area contributed by atoms with E-state index in [2.05, 4.69) is 20.3 Å². The van der Waals surface area contributed by atoms with Gasteiger partial charge in [-0.3, -0.25) is 9.78 Å². The van der Waals surface area contributed by atoms with Gasteiger partial charge in [0.05, 0.1) is 11.2 Å². The molecule has 1 aliphatic heterocycles. The van der Waals surface area contributed by atoms with E-state index in [1.807, 2.05) is 13.8 Å². The summed E-state index contributed by atoms with van der Waals surface area (Å²) in [5.41, 5.74) is 8.53. The first-order valence-electron chi connectivity index (χ1n) is 6.46. The molecule has 2 rings (SSSR count). The average Bonchev–Trinajstić information content (AvgIpc) is 2.38. The van der Waals surface area contributed by atoms with Crippen LogP contribution in [0.15, 0.2) is 23.4 Å². The zero-order chi connectivity index (χ0) is 14.6. The van der Waals surface area contributed by atoms with Crippen LogP contribution in [0, 0.1) is 0 Å². The maximum absolute atomic E-state index is 12.1. The fraction of sp³-hybridized carbons (Fsp3) is 0.538. The molecule has 1 fully saturated rings. The second kappa shape index (κ2) is 5.90. The van der Waals surface area contributed by atoms with Gasteiger partial charge in [0, 0.05) is 23.8 Å². The lowest BCUT2D eigenvalue weighted by atomic mass is 9.94. The summed E-state index contributed by atoms with van der Waals surface area (Å²) in [6, 6.07) is 3.21. The Labute approximate surface area is 117 Å². The van der Waals surface area contributed by atoms with Crippen LogP contribution in [-0.4, -0.2) is 29.1 Å². The van der Waals surface area contributed by atoms with Gasteiger partial charge in [-0.1, -0.05) is 0 Å². The van der Waals surface area contributed by atoms with Crippen molar-refractivity contribution < 1.29 is 9.53 Å². The number of nitrogens with zero attached hydrogens (tertiary/aromatic N) is 4. The number of carbonyl (C=O) groups excluding carboxylic acids is 1. The number of aromatic nitrogens is 1. The number of azide groups is 1. The molecule has 7 heteroatoms. The Balaban J connectivity index is 1.99. The molecular weight excluding hydrogens is 258 g/mol. The molecule has 20 heavy (non-hydrogen) atoms. The van der Waals surface area contributed by atoms with Crippen molar-refractivity contribution in [1.82, 2.24) is 10.3 Å². The highest BCUT2D eigenvalue weighted by Gasteiger charge is 2.29. The minimum absolute atomic E-state index is 0.100. The molecule has 7 nitrogen and oxygen atoms in total. The number of rotatable bonds is 3. The quantitative estimate of drug-likeness (QED) is 0.521. The van der Waals surface area contributed by atoms with E-state index in [0.29, 0.717) is 12.2 Å². The Kier molecular flexibility index (Phi) is 4.22. The first kappa shape index (κ1) is 14.3. The molecule has 1 aromatic rings. The smallest absolute Gasteiger partial charge is 0.253 e. The number of hydrogen-bond acceptors (Lipinski definition) is 4. The van der Waals surface area contributed by atoms with E-state index in [0.717, 1.165) is 12.8 Å². The van der Waals surface area contributed by atoms with E-state index in [1.165, 1.54) is 12.3 Å². The normalized spacial score (nSPS) is 20.8. The second-order valence-electron chi connectivity index (χ2n) is 5.37. The van der Waals surface area contributed by atoms with Crippen molar-refractivity contribution in [2.45, 2.75) is 38.3 Å². The summed E-state index contributed by atoms with van der Waals surface area (Å²) in [7, 11) is 0. The molecule has 1 N–H and O–H groups in total. The molecule has 106 valence electrons. The van der Waals surface area contributed by atoms with Gasteiger partial charge in [-0.2, -0.15) is 0 Å². The summed E-state index contributed by atoms with van der Waals surface area (Å²) >= 11 is 0. The van der Waals surface area contributed by atoms with Crippen molar-refractivity contribution in [2.24, 2.45) is 5.11 Å². The number of carbonyl (C=O) groups is 1. The van der Waals surface area contributed by atoms with Crippen molar-refractivity contribution in [2.75, 3.05) is 6.61 Å². The third-order valence-corrected chi connectivity index (χ3v) is 3.19. The highest BCUT2D eigenvalue weighted by Crippen LogP contribution is 2.24. The van der Waals surface area contributed by atoms with E-state index < -0.39 is 0 Å². The molecule has 0 radical (unpaired) electrons. The lowest BCUT2D eigenvalue weighted by Gasteiger charge is -2.35. The summed E-state index contributed by atoms with van der Waals surface area (Å²) in [6.07, 6.45) is 2.99. The van der Waals surface area contributed by atoms with Gasteiger partial charge >= 0.3 is 0 Å².